The Balaban J connectivity index is 1.98. The molecular formula is C17H25NO3. The van der Waals surface area contributed by atoms with Crippen molar-refractivity contribution in [2.45, 2.75) is 51.6 Å². The van der Waals surface area contributed by atoms with E-state index < -0.39 is 12.0 Å². The summed E-state index contributed by atoms with van der Waals surface area (Å²) in [5.74, 6) is 0.392. The number of aliphatic carboxylic acids is 1. The van der Waals surface area contributed by atoms with Gasteiger partial charge in [0.25, 0.3) is 0 Å². The molecule has 4 heteroatoms. The van der Waals surface area contributed by atoms with Gasteiger partial charge in [-0.1, -0.05) is 31.4 Å². The first-order valence-corrected chi connectivity index (χ1v) is 7.71. The van der Waals surface area contributed by atoms with Gasteiger partial charge in [0.05, 0.1) is 7.11 Å². The fourth-order valence-corrected chi connectivity index (χ4v) is 3.20. The van der Waals surface area contributed by atoms with Gasteiger partial charge in [0, 0.05) is 6.54 Å². The molecule has 1 aliphatic rings. The third-order valence-corrected chi connectivity index (χ3v) is 4.37. The first kappa shape index (κ1) is 15.8. The minimum atomic E-state index is -0.730. The molecule has 0 aromatic heterocycles. The summed E-state index contributed by atoms with van der Waals surface area (Å²) < 4.78 is 5.24. The van der Waals surface area contributed by atoms with Crippen LogP contribution in [0.15, 0.2) is 18.2 Å². The maximum Gasteiger partial charge on any atom is 0.320 e. The summed E-state index contributed by atoms with van der Waals surface area (Å²) in [6, 6.07) is 5.53. The summed E-state index contributed by atoms with van der Waals surface area (Å²) >= 11 is 0. The van der Waals surface area contributed by atoms with E-state index in [1.54, 1.807) is 7.11 Å². The molecule has 4 nitrogen and oxygen atoms in total. The molecule has 1 aromatic carbocycles. The monoisotopic (exact) mass is 291 g/mol. The van der Waals surface area contributed by atoms with Gasteiger partial charge in [0.1, 0.15) is 11.8 Å². The highest BCUT2D eigenvalue weighted by molar-refractivity contribution is 5.73. The minimum absolute atomic E-state index is 0.260. The Labute approximate surface area is 126 Å². The van der Waals surface area contributed by atoms with E-state index in [0.717, 1.165) is 42.6 Å². The van der Waals surface area contributed by atoms with E-state index in [0.29, 0.717) is 6.54 Å². The van der Waals surface area contributed by atoms with Crippen LogP contribution in [0, 0.1) is 12.8 Å². The Hall–Kier alpha value is -1.55. The van der Waals surface area contributed by atoms with Gasteiger partial charge in [-0.3, -0.25) is 4.79 Å². The normalized spacial score (nSPS) is 17.4. The standard InChI is InChI=1S/C17H25NO3/c1-12-10-13(8-9-15(12)21-2)11-18-16(17(19)20)14-6-4-3-5-7-14/h8-10,14,16,18H,3-7,11H2,1-2H3,(H,19,20)/t16-/m0/s1. The summed E-state index contributed by atoms with van der Waals surface area (Å²) in [6.07, 6.45) is 5.58. The van der Waals surface area contributed by atoms with Crippen LogP contribution in [-0.4, -0.2) is 24.2 Å². The Morgan fingerprint density at radius 3 is 2.67 bits per heavy atom. The Kier molecular flexibility index (Phi) is 5.62. The third kappa shape index (κ3) is 4.21. The highest BCUT2D eigenvalue weighted by Gasteiger charge is 2.28. The minimum Gasteiger partial charge on any atom is -0.496 e. The predicted octanol–water partition coefficient (Wildman–Crippen LogP) is 3.13. The zero-order chi connectivity index (χ0) is 15.2. The lowest BCUT2D eigenvalue weighted by molar-refractivity contribution is -0.141. The van der Waals surface area contributed by atoms with Gasteiger partial charge in [0.15, 0.2) is 0 Å². The Bertz CT molecular complexity index is 481. The largest absolute Gasteiger partial charge is 0.496 e. The van der Waals surface area contributed by atoms with Crippen molar-refractivity contribution < 1.29 is 14.6 Å². The summed E-state index contributed by atoms with van der Waals surface area (Å²) in [6.45, 7) is 2.58. The molecule has 1 aromatic rings. The number of carboxylic acid groups (broad SMARTS) is 1. The molecule has 0 unspecified atom stereocenters. The number of hydrogen-bond acceptors (Lipinski definition) is 3. The van der Waals surface area contributed by atoms with Crippen molar-refractivity contribution in [1.29, 1.82) is 0 Å². The fourth-order valence-electron chi connectivity index (χ4n) is 3.20. The Morgan fingerprint density at radius 1 is 1.38 bits per heavy atom. The fraction of sp³-hybridized carbons (Fsp3) is 0.588. The van der Waals surface area contributed by atoms with Crippen molar-refractivity contribution in [3.8, 4) is 5.75 Å². The first-order valence-electron chi connectivity index (χ1n) is 7.71. The van der Waals surface area contributed by atoms with Gasteiger partial charge in [0.2, 0.25) is 0 Å². The summed E-state index contributed by atoms with van der Waals surface area (Å²) in [5.41, 5.74) is 2.16. The molecule has 0 aliphatic heterocycles. The molecule has 0 spiro atoms. The highest BCUT2D eigenvalue weighted by Crippen LogP contribution is 2.27. The summed E-state index contributed by atoms with van der Waals surface area (Å²) in [4.78, 5) is 11.5. The summed E-state index contributed by atoms with van der Waals surface area (Å²) in [7, 11) is 1.66. The SMILES string of the molecule is COc1ccc(CN[C@H](C(=O)O)C2CCCCC2)cc1C. The van der Waals surface area contributed by atoms with Crippen LogP contribution in [0.2, 0.25) is 0 Å². The number of ether oxygens (including phenoxy) is 1. The van der Waals surface area contributed by atoms with Gasteiger partial charge in [-0.05, 0) is 42.9 Å². The third-order valence-electron chi connectivity index (χ3n) is 4.37. The lowest BCUT2D eigenvalue weighted by Gasteiger charge is -2.28. The zero-order valence-electron chi connectivity index (χ0n) is 12.9. The molecule has 1 fully saturated rings. The van der Waals surface area contributed by atoms with Crippen LogP contribution >= 0.6 is 0 Å². The maximum atomic E-state index is 11.5. The second-order valence-corrected chi connectivity index (χ2v) is 5.90. The molecule has 2 N–H and O–H groups in total. The molecule has 1 aliphatic carbocycles. The van der Waals surface area contributed by atoms with E-state index in [1.165, 1.54) is 6.42 Å². The van der Waals surface area contributed by atoms with Gasteiger partial charge >= 0.3 is 5.97 Å². The molecule has 0 saturated heterocycles. The van der Waals surface area contributed by atoms with E-state index >= 15 is 0 Å². The average molecular weight is 291 g/mol. The topological polar surface area (TPSA) is 58.6 Å². The molecular weight excluding hydrogens is 266 g/mol. The first-order chi connectivity index (χ1) is 10.1. The molecule has 1 atom stereocenters. The number of methoxy groups -OCH3 is 1. The second kappa shape index (κ2) is 7.46. The molecule has 2 rings (SSSR count). The van der Waals surface area contributed by atoms with E-state index in [-0.39, 0.29) is 5.92 Å². The summed E-state index contributed by atoms with van der Waals surface area (Å²) in [5, 5.41) is 12.7. The number of benzene rings is 1. The zero-order valence-corrected chi connectivity index (χ0v) is 12.9. The van der Waals surface area contributed by atoms with Gasteiger partial charge in [-0.25, -0.2) is 0 Å². The molecule has 21 heavy (non-hydrogen) atoms. The van der Waals surface area contributed by atoms with Gasteiger partial charge in [-0.15, -0.1) is 0 Å². The molecule has 116 valence electrons. The number of rotatable bonds is 6. The average Bonchev–Trinajstić information content (AvgIpc) is 2.48. The highest BCUT2D eigenvalue weighted by atomic mass is 16.5. The van der Waals surface area contributed by atoms with E-state index in [4.69, 9.17) is 4.74 Å². The quantitative estimate of drug-likeness (QED) is 0.845. The molecule has 0 radical (unpaired) electrons. The van der Waals surface area contributed by atoms with Crippen LogP contribution in [0.5, 0.6) is 5.75 Å². The van der Waals surface area contributed by atoms with Crippen molar-refractivity contribution in [1.82, 2.24) is 5.32 Å². The number of carbonyl (C=O) groups is 1. The molecule has 0 bridgehead atoms. The van der Waals surface area contributed by atoms with E-state index in [9.17, 15) is 9.90 Å². The van der Waals surface area contributed by atoms with Crippen LogP contribution < -0.4 is 10.1 Å². The smallest absolute Gasteiger partial charge is 0.320 e. The van der Waals surface area contributed by atoms with Crippen LogP contribution in [-0.2, 0) is 11.3 Å². The van der Waals surface area contributed by atoms with Crippen molar-refractivity contribution in [2.75, 3.05) is 7.11 Å². The number of aryl methyl sites for hydroxylation is 1. The predicted molar refractivity (Wildman–Crippen MR) is 82.6 cm³/mol. The lowest BCUT2D eigenvalue weighted by atomic mass is 9.84. The van der Waals surface area contributed by atoms with Crippen LogP contribution in [0.25, 0.3) is 0 Å². The molecule has 0 amide bonds. The van der Waals surface area contributed by atoms with Crippen LogP contribution in [0.1, 0.15) is 43.2 Å². The van der Waals surface area contributed by atoms with Crippen LogP contribution in [0.4, 0.5) is 0 Å². The van der Waals surface area contributed by atoms with E-state index in [1.807, 2.05) is 25.1 Å². The number of hydrogen-bond donors (Lipinski definition) is 2. The van der Waals surface area contributed by atoms with Crippen molar-refractivity contribution in [3.05, 3.63) is 29.3 Å². The number of nitrogens with one attached hydrogen (secondary N) is 1. The van der Waals surface area contributed by atoms with E-state index in [2.05, 4.69) is 5.32 Å². The Morgan fingerprint density at radius 2 is 2.10 bits per heavy atom. The lowest BCUT2D eigenvalue weighted by Crippen LogP contribution is -2.43. The van der Waals surface area contributed by atoms with Crippen molar-refractivity contribution in [3.63, 3.8) is 0 Å². The van der Waals surface area contributed by atoms with Crippen molar-refractivity contribution in [2.24, 2.45) is 5.92 Å². The van der Waals surface area contributed by atoms with Crippen LogP contribution in [0.3, 0.4) is 0 Å². The number of carboxylic acids is 1. The van der Waals surface area contributed by atoms with Gasteiger partial charge in [-0.2, -0.15) is 0 Å². The maximum absolute atomic E-state index is 11.5. The van der Waals surface area contributed by atoms with Gasteiger partial charge < -0.3 is 15.2 Å². The second-order valence-electron chi connectivity index (χ2n) is 5.90. The molecule has 1 saturated carbocycles. The molecule has 0 heterocycles. The van der Waals surface area contributed by atoms with Crippen molar-refractivity contribution >= 4 is 5.97 Å².